The monoisotopic (exact) mass is 553 g/mol. The number of thioether (sulfide) groups is 1. The molecule has 0 saturated carbocycles. The number of ether oxygens (including phenoxy) is 3. The maximum atomic E-state index is 13.2. The minimum Gasteiger partial charge on any atom is -0.465 e. The maximum absolute atomic E-state index is 13.2. The Kier molecular flexibility index (Phi) is 9.98. The number of aryl methyl sites for hydroxylation is 1. The Bertz CT molecular complexity index is 1150. The minimum atomic E-state index is -0.626. The van der Waals surface area contributed by atoms with Gasteiger partial charge in [0.15, 0.2) is 0 Å². The van der Waals surface area contributed by atoms with Gasteiger partial charge in [-0.25, -0.2) is 14.4 Å². The predicted molar refractivity (Wildman–Crippen MR) is 142 cm³/mol. The number of thiophene rings is 2. The summed E-state index contributed by atoms with van der Waals surface area (Å²) in [6.07, 6.45) is 4.81. The third-order valence-corrected chi connectivity index (χ3v) is 9.55. The van der Waals surface area contributed by atoms with Crippen molar-refractivity contribution in [2.24, 2.45) is 0 Å². The van der Waals surface area contributed by atoms with Crippen LogP contribution in [0.4, 0.5) is 5.00 Å². The largest absolute Gasteiger partial charge is 0.465 e. The molecule has 1 aliphatic carbocycles. The van der Waals surface area contributed by atoms with Gasteiger partial charge in [0.1, 0.15) is 9.88 Å². The van der Waals surface area contributed by atoms with E-state index in [1.165, 1.54) is 18.4 Å². The topological polar surface area (TPSA) is 108 Å². The molecule has 0 saturated heterocycles. The number of fused-ring (bicyclic) bond motifs is 1. The second-order valence-electron chi connectivity index (χ2n) is 8.17. The third kappa shape index (κ3) is 6.12. The molecule has 1 unspecified atom stereocenters. The summed E-state index contributed by atoms with van der Waals surface area (Å²) in [4.78, 5) is 52.3. The lowest BCUT2D eigenvalue weighted by Crippen LogP contribution is -2.23. The molecule has 0 fully saturated rings. The van der Waals surface area contributed by atoms with E-state index in [2.05, 4.69) is 5.32 Å². The fourth-order valence-electron chi connectivity index (χ4n) is 3.98. The zero-order valence-corrected chi connectivity index (χ0v) is 23.6. The van der Waals surface area contributed by atoms with Crippen LogP contribution in [-0.2, 0) is 31.8 Å². The van der Waals surface area contributed by atoms with Crippen molar-refractivity contribution in [3.63, 3.8) is 0 Å². The average Bonchev–Trinajstić information content (AvgIpc) is 3.25. The van der Waals surface area contributed by atoms with E-state index in [1.54, 1.807) is 27.7 Å². The molecule has 36 heavy (non-hydrogen) atoms. The van der Waals surface area contributed by atoms with Gasteiger partial charge in [0.2, 0.25) is 5.91 Å². The first-order valence-corrected chi connectivity index (χ1v) is 14.4. The zero-order chi connectivity index (χ0) is 26.4. The predicted octanol–water partition coefficient (Wildman–Crippen LogP) is 5.65. The Balaban J connectivity index is 1.87. The highest BCUT2D eigenvalue weighted by Crippen LogP contribution is 2.41. The summed E-state index contributed by atoms with van der Waals surface area (Å²) in [6.45, 7) is 7.29. The Morgan fingerprint density at radius 1 is 0.944 bits per heavy atom. The molecule has 196 valence electrons. The smallest absolute Gasteiger partial charge is 0.348 e. The van der Waals surface area contributed by atoms with Gasteiger partial charge < -0.3 is 19.5 Å². The highest BCUT2D eigenvalue weighted by Gasteiger charge is 2.31. The summed E-state index contributed by atoms with van der Waals surface area (Å²) in [7, 11) is 1.27. The Morgan fingerprint density at radius 2 is 1.61 bits per heavy atom. The van der Waals surface area contributed by atoms with Crippen molar-refractivity contribution < 1.29 is 33.4 Å². The lowest BCUT2D eigenvalue weighted by molar-refractivity contribution is -0.115. The lowest BCUT2D eigenvalue weighted by atomic mass is 10.1. The van der Waals surface area contributed by atoms with Crippen molar-refractivity contribution in [2.45, 2.75) is 69.3 Å². The van der Waals surface area contributed by atoms with Gasteiger partial charge in [-0.15, -0.1) is 34.4 Å². The lowest BCUT2D eigenvalue weighted by Gasteiger charge is -2.13. The molecule has 0 spiro atoms. The molecule has 3 rings (SSSR count). The number of hydrogen-bond donors (Lipinski definition) is 1. The summed E-state index contributed by atoms with van der Waals surface area (Å²) < 4.78 is 15.8. The normalized spacial score (nSPS) is 13.8. The van der Waals surface area contributed by atoms with Crippen molar-refractivity contribution in [1.82, 2.24) is 0 Å². The number of carbonyl (C=O) groups excluding carboxylic acids is 4. The van der Waals surface area contributed by atoms with Crippen molar-refractivity contribution in [2.75, 3.05) is 25.6 Å². The molecule has 2 aromatic rings. The molecule has 1 atom stereocenters. The first-order valence-electron chi connectivity index (χ1n) is 11.9. The zero-order valence-electron chi connectivity index (χ0n) is 21.1. The Morgan fingerprint density at radius 3 is 2.28 bits per heavy atom. The van der Waals surface area contributed by atoms with Gasteiger partial charge in [-0.3, -0.25) is 4.79 Å². The molecule has 2 heterocycles. The first kappa shape index (κ1) is 28.2. The average molecular weight is 554 g/mol. The van der Waals surface area contributed by atoms with Crippen LogP contribution in [0, 0.1) is 6.92 Å². The number of esters is 3. The Labute approximate surface area is 223 Å². The van der Waals surface area contributed by atoms with Gasteiger partial charge in [0.25, 0.3) is 0 Å². The van der Waals surface area contributed by atoms with Crippen LogP contribution in [0.15, 0.2) is 4.21 Å². The van der Waals surface area contributed by atoms with Crippen LogP contribution < -0.4 is 5.32 Å². The molecule has 2 aromatic heterocycles. The van der Waals surface area contributed by atoms with Crippen LogP contribution in [0.25, 0.3) is 0 Å². The second kappa shape index (κ2) is 12.7. The highest BCUT2D eigenvalue weighted by molar-refractivity contribution is 8.02. The third-order valence-electron chi connectivity index (χ3n) is 5.76. The molecule has 1 aliphatic rings. The van der Waals surface area contributed by atoms with Gasteiger partial charge in [0.05, 0.1) is 40.9 Å². The second-order valence-corrected chi connectivity index (χ2v) is 11.9. The van der Waals surface area contributed by atoms with Crippen LogP contribution in [0.2, 0.25) is 0 Å². The fourth-order valence-corrected chi connectivity index (χ4v) is 7.90. The summed E-state index contributed by atoms with van der Waals surface area (Å²) in [5, 5.41) is 2.80. The summed E-state index contributed by atoms with van der Waals surface area (Å²) in [5.41, 5.74) is 2.15. The number of anilines is 1. The maximum Gasteiger partial charge on any atom is 0.348 e. The summed E-state index contributed by atoms with van der Waals surface area (Å²) >= 11 is 3.70. The first-order chi connectivity index (χ1) is 17.2. The molecule has 0 aromatic carbocycles. The van der Waals surface area contributed by atoms with E-state index in [4.69, 9.17) is 14.2 Å². The quantitative estimate of drug-likeness (QED) is 0.184. The molecule has 0 radical (unpaired) electrons. The van der Waals surface area contributed by atoms with Crippen LogP contribution >= 0.6 is 34.4 Å². The van der Waals surface area contributed by atoms with Gasteiger partial charge >= 0.3 is 17.9 Å². The fraction of sp³-hybridized carbons (Fsp3) is 0.520. The van der Waals surface area contributed by atoms with Crippen LogP contribution in [0.1, 0.15) is 86.4 Å². The molecule has 8 nitrogen and oxygen atoms in total. The van der Waals surface area contributed by atoms with Gasteiger partial charge in [-0.2, -0.15) is 0 Å². The van der Waals surface area contributed by atoms with Crippen molar-refractivity contribution in [3.8, 4) is 0 Å². The summed E-state index contributed by atoms with van der Waals surface area (Å²) in [5.74, 6) is -1.84. The van der Waals surface area contributed by atoms with E-state index in [0.717, 1.165) is 65.6 Å². The standard InChI is InChI=1S/C25H31NO7S3/c1-6-32-23(29)18-15-11-9-8-10-12-16(15)35-21(18)26-20(27)14(4)34-25-17(22(28)31-5)13(3)19(36-25)24(30)33-7-2/h14H,6-12H2,1-5H3,(H,26,27). The molecule has 1 amide bonds. The van der Waals surface area contributed by atoms with Gasteiger partial charge in [-0.1, -0.05) is 6.42 Å². The van der Waals surface area contributed by atoms with Crippen molar-refractivity contribution >= 4 is 63.3 Å². The van der Waals surface area contributed by atoms with E-state index < -0.39 is 23.2 Å². The van der Waals surface area contributed by atoms with E-state index in [0.29, 0.717) is 25.2 Å². The number of rotatable bonds is 9. The number of carbonyl (C=O) groups is 4. The van der Waals surface area contributed by atoms with Crippen LogP contribution in [0.5, 0.6) is 0 Å². The number of hydrogen-bond acceptors (Lipinski definition) is 10. The SMILES string of the molecule is CCOC(=O)c1sc(SC(C)C(=O)Nc2sc3c(c2C(=O)OCC)CCCCC3)c(C(=O)OC)c1C. The molecular formula is C25H31NO7S3. The number of amides is 1. The number of methoxy groups -OCH3 is 1. The summed E-state index contributed by atoms with van der Waals surface area (Å²) in [6, 6.07) is 0. The van der Waals surface area contributed by atoms with Crippen molar-refractivity contribution in [1.29, 1.82) is 0 Å². The molecule has 11 heteroatoms. The van der Waals surface area contributed by atoms with Crippen molar-refractivity contribution in [3.05, 3.63) is 32.0 Å². The van der Waals surface area contributed by atoms with E-state index >= 15 is 0 Å². The van der Waals surface area contributed by atoms with Gasteiger partial charge in [-0.05, 0) is 64.5 Å². The molecule has 0 bridgehead atoms. The van der Waals surface area contributed by atoms with E-state index in [-0.39, 0.29) is 24.7 Å². The minimum absolute atomic E-state index is 0.207. The Hall–Kier alpha value is -2.37. The van der Waals surface area contributed by atoms with E-state index in [9.17, 15) is 19.2 Å². The molecular weight excluding hydrogens is 522 g/mol. The molecule has 1 N–H and O–H groups in total. The van der Waals surface area contributed by atoms with E-state index in [1.807, 2.05) is 0 Å². The van der Waals surface area contributed by atoms with Crippen LogP contribution in [-0.4, -0.2) is 49.4 Å². The highest BCUT2D eigenvalue weighted by atomic mass is 32.2. The van der Waals surface area contributed by atoms with Crippen LogP contribution in [0.3, 0.4) is 0 Å². The number of nitrogens with one attached hydrogen (secondary N) is 1. The molecule has 0 aliphatic heterocycles. The van der Waals surface area contributed by atoms with Gasteiger partial charge in [0, 0.05) is 4.88 Å².